The molecule has 0 saturated carbocycles. The van der Waals surface area contributed by atoms with E-state index >= 15 is 0 Å². The average Bonchev–Trinajstić information content (AvgIpc) is 3.31. The van der Waals surface area contributed by atoms with Gasteiger partial charge in [-0.05, 0) is 37.6 Å². The van der Waals surface area contributed by atoms with Crippen molar-refractivity contribution in [2.75, 3.05) is 0 Å². The minimum atomic E-state index is 0.0761. The number of Topliss-reactive ketones (excluding diaryl/α,β-unsaturated/α-hetero) is 1. The Bertz CT molecular complexity index is 1150. The average molecular weight is 409 g/mol. The second-order valence-electron chi connectivity index (χ2n) is 6.53. The Morgan fingerprint density at radius 3 is 2.75 bits per heavy atom. The fraction of sp³-hybridized carbons (Fsp3) is 0.143. The number of halogens is 1. The van der Waals surface area contributed by atoms with E-state index in [1.165, 1.54) is 11.3 Å². The summed E-state index contributed by atoms with van der Waals surface area (Å²) in [7, 11) is 0. The van der Waals surface area contributed by atoms with Crippen LogP contribution in [0.5, 0.6) is 0 Å². The summed E-state index contributed by atoms with van der Waals surface area (Å²) in [4.78, 5) is 29.1. The molecule has 3 heterocycles. The molecule has 1 aromatic carbocycles. The lowest BCUT2D eigenvalue weighted by molar-refractivity contribution is -0.116. The van der Waals surface area contributed by atoms with Gasteiger partial charge in [0, 0.05) is 41.8 Å². The van der Waals surface area contributed by atoms with E-state index < -0.39 is 0 Å². The SMILES string of the molecule is CC(=O)Cc1cc(-c2nc(-c3ccc(C)cc3Cl)c(-c3ncc[nH]3)s2)ccn1. The molecular formula is C21H17ClN4OS. The molecule has 7 heteroatoms. The molecule has 0 aliphatic rings. The maximum atomic E-state index is 11.4. The maximum Gasteiger partial charge on any atom is 0.149 e. The van der Waals surface area contributed by atoms with Crippen molar-refractivity contribution in [2.24, 2.45) is 0 Å². The zero-order chi connectivity index (χ0) is 19.7. The number of carbonyl (C=O) groups excluding carboxylic acids is 1. The molecule has 0 aliphatic heterocycles. The topological polar surface area (TPSA) is 71.5 Å². The molecule has 0 atom stereocenters. The third-order valence-electron chi connectivity index (χ3n) is 4.21. The summed E-state index contributed by atoms with van der Waals surface area (Å²) in [5.74, 6) is 0.820. The number of aromatic nitrogens is 4. The first kappa shape index (κ1) is 18.5. The quantitative estimate of drug-likeness (QED) is 0.482. The molecule has 0 bridgehead atoms. The van der Waals surface area contributed by atoms with E-state index in [0.717, 1.165) is 43.8 Å². The highest BCUT2D eigenvalue weighted by Crippen LogP contribution is 2.41. The highest BCUT2D eigenvalue weighted by molar-refractivity contribution is 7.18. The number of nitrogens with one attached hydrogen (secondary N) is 1. The zero-order valence-corrected chi connectivity index (χ0v) is 16.9. The van der Waals surface area contributed by atoms with Crippen LogP contribution in [0.4, 0.5) is 0 Å². The van der Waals surface area contributed by atoms with Gasteiger partial charge in [-0.15, -0.1) is 11.3 Å². The van der Waals surface area contributed by atoms with Crippen LogP contribution in [0.25, 0.3) is 32.5 Å². The Hall–Kier alpha value is -2.83. The molecule has 4 aromatic rings. The number of hydrogen-bond acceptors (Lipinski definition) is 5. The lowest BCUT2D eigenvalue weighted by Gasteiger charge is -2.04. The normalized spacial score (nSPS) is 11.0. The number of aryl methyl sites for hydroxylation is 1. The van der Waals surface area contributed by atoms with Crippen molar-refractivity contribution in [3.8, 4) is 32.5 Å². The Labute approximate surface area is 171 Å². The number of aromatic amines is 1. The summed E-state index contributed by atoms with van der Waals surface area (Å²) in [5, 5.41) is 1.47. The minimum absolute atomic E-state index is 0.0761. The van der Waals surface area contributed by atoms with Crippen LogP contribution < -0.4 is 0 Å². The van der Waals surface area contributed by atoms with Crippen LogP contribution in [0, 0.1) is 6.92 Å². The Morgan fingerprint density at radius 1 is 1.18 bits per heavy atom. The largest absolute Gasteiger partial charge is 0.344 e. The van der Waals surface area contributed by atoms with Crippen molar-refractivity contribution >= 4 is 28.7 Å². The molecule has 28 heavy (non-hydrogen) atoms. The van der Waals surface area contributed by atoms with Gasteiger partial charge < -0.3 is 4.98 Å². The van der Waals surface area contributed by atoms with Crippen LogP contribution >= 0.6 is 22.9 Å². The summed E-state index contributed by atoms with van der Waals surface area (Å²) < 4.78 is 0. The molecular weight excluding hydrogens is 392 g/mol. The van der Waals surface area contributed by atoms with Gasteiger partial charge in [-0.2, -0.15) is 0 Å². The van der Waals surface area contributed by atoms with Crippen molar-refractivity contribution in [3.63, 3.8) is 0 Å². The molecule has 0 amide bonds. The van der Waals surface area contributed by atoms with E-state index in [1.54, 1.807) is 25.5 Å². The number of carbonyl (C=O) groups is 1. The summed E-state index contributed by atoms with van der Waals surface area (Å²) in [5.41, 5.74) is 4.38. The van der Waals surface area contributed by atoms with Gasteiger partial charge in [-0.25, -0.2) is 9.97 Å². The summed E-state index contributed by atoms with van der Waals surface area (Å²) in [6, 6.07) is 9.74. The first-order chi connectivity index (χ1) is 13.5. The Balaban J connectivity index is 1.86. The van der Waals surface area contributed by atoms with Crippen molar-refractivity contribution < 1.29 is 4.79 Å². The number of H-pyrrole nitrogens is 1. The Morgan fingerprint density at radius 2 is 2.04 bits per heavy atom. The van der Waals surface area contributed by atoms with Gasteiger partial charge in [0.1, 0.15) is 16.6 Å². The van der Waals surface area contributed by atoms with Crippen molar-refractivity contribution in [1.29, 1.82) is 0 Å². The second-order valence-corrected chi connectivity index (χ2v) is 7.94. The number of nitrogens with zero attached hydrogens (tertiary/aromatic N) is 3. The van der Waals surface area contributed by atoms with Gasteiger partial charge in [-0.1, -0.05) is 23.7 Å². The molecule has 1 N–H and O–H groups in total. The minimum Gasteiger partial charge on any atom is -0.344 e. The third kappa shape index (κ3) is 3.74. The molecule has 0 fully saturated rings. The van der Waals surface area contributed by atoms with Crippen LogP contribution in [-0.2, 0) is 11.2 Å². The van der Waals surface area contributed by atoms with E-state index in [9.17, 15) is 4.79 Å². The van der Waals surface area contributed by atoms with Gasteiger partial charge in [-0.3, -0.25) is 9.78 Å². The molecule has 0 saturated heterocycles. The first-order valence-corrected chi connectivity index (χ1v) is 9.92. The summed E-state index contributed by atoms with van der Waals surface area (Å²) >= 11 is 8.05. The second kappa shape index (κ2) is 7.66. The van der Waals surface area contributed by atoms with E-state index in [-0.39, 0.29) is 5.78 Å². The van der Waals surface area contributed by atoms with Gasteiger partial charge in [0.15, 0.2) is 0 Å². The molecule has 3 aromatic heterocycles. The number of ketones is 1. The highest BCUT2D eigenvalue weighted by Gasteiger charge is 2.20. The van der Waals surface area contributed by atoms with Crippen molar-refractivity contribution in [3.05, 3.63) is 65.2 Å². The highest BCUT2D eigenvalue weighted by atomic mass is 35.5. The van der Waals surface area contributed by atoms with Gasteiger partial charge in [0.05, 0.1) is 15.6 Å². The number of imidazole rings is 1. The van der Waals surface area contributed by atoms with Crippen LogP contribution in [-0.4, -0.2) is 25.7 Å². The van der Waals surface area contributed by atoms with Gasteiger partial charge in [0.2, 0.25) is 0 Å². The lowest BCUT2D eigenvalue weighted by Crippen LogP contribution is -1.98. The van der Waals surface area contributed by atoms with Crippen LogP contribution in [0.2, 0.25) is 5.02 Å². The van der Waals surface area contributed by atoms with Crippen LogP contribution in [0.3, 0.4) is 0 Å². The van der Waals surface area contributed by atoms with Crippen LogP contribution in [0.1, 0.15) is 18.2 Å². The van der Waals surface area contributed by atoms with E-state index in [0.29, 0.717) is 11.4 Å². The predicted octanol–water partition coefficient (Wildman–Crippen LogP) is 5.36. The molecule has 0 radical (unpaired) electrons. The molecule has 0 spiro atoms. The zero-order valence-electron chi connectivity index (χ0n) is 15.4. The molecule has 140 valence electrons. The smallest absolute Gasteiger partial charge is 0.149 e. The fourth-order valence-electron chi connectivity index (χ4n) is 2.95. The summed E-state index contributed by atoms with van der Waals surface area (Å²) in [6.07, 6.45) is 5.51. The third-order valence-corrected chi connectivity index (χ3v) is 5.64. The van der Waals surface area contributed by atoms with Crippen molar-refractivity contribution in [1.82, 2.24) is 19.9 Å². The van der Waals surface area contributed by atoms with Crippen molar-refractivity contribution in [2.45, 2.75) is 20.3 Å². The molecule has 5 nitrogen and oxygen atoms in total. The predicted molar refractivity (Wildman–Crippen MR) is 112 cm³/mol. The fourth-order valence-corrected chi connectivity index (χ4v) is 4.31. The monoisotopic (exact) mass is 408 g/mol. The lowest BCUT2D eigenvalue weighted by atomic mass is 10.1. The number of rotatable bonds is 5. The molecule has 0 unspecified atom stereocenters. The van der Waals surface area contributed by atoms with Gasteiger partial charge in [0.25, 0.3) is 0 Å². The van der Waals surface area contributed by atoms with Crippen LogP contribution in [0.15, 0.2) is 48.9 Å². The van der Waals surface area contributed by atoms with Gasteiger partial charge >= 0.3 is 0 Å². The number of pyridine rings is 1. The maximum absolute atomic E-state index is 11.4. The number of thiazole rings is 1. The van der Waals surface area contributed by atoms with E-state index in [1.807, 2.05) is 37.3 Å². The van der Waals surface area contributed by atoms with E-state index in [4.69, 9.17) is 16.6 Å². The first-order valence-electron chi connectivity index (χ1n) is 8.73. The Kier molecular flexibility index (Phi) is 5.07. The number of hydrogen-bond donors (Lipinski definition) is 1. The van der Waals surface area contributed by atoms with E-state index in [2.05, 4.69) is 15.0 Å². The standard InChI is InChI=1S/C21H17ClN4OS/c1-12-3-4-16(17(22)9-12)18-19(20-24-7-8-25-20)28-21(26-18)14-5-6-23-15(11-14)10-13(2)27/h3-9,11H,10H2,1-2H3,(H,24,25). The number of benzene rings is 1. The molecule has 0 aliphatic carbocycles. The molecule has 4 rings (SSSR count). The summed E-state index contributed by atoms with van der Waals surface area (Å²) in [6.45, 7) is 3.56.